The third kappa shape index (κ3) is 2.15. The van der Waals surface area contributed by atoms with Crippen LogP contribution in [-0.4, -0.2) is 4.98 Å². The van der Waals surface area contributed by atoms with Gasteiger partial charge in [0.1, 0.15) is 0 Å². The smallest absolute Gasteiger partial charge is 0.0718 e. The third-order valence-corrected chi connectivity index (χ3v) is 4.25. The first-order valence-corrected chi connectivity index (χ1v) is 7.65. The molecule has 0 saturated carbocycles. The van der Waals surface area contributed by atoms with Crippen molar-refractivity contribution in [2.75, 3.05) is 0 Å². The maximum atomic E-state index is 6.10. The summed E-state index contributed by atoms with van der Waals surface area (Å²) < 4.78 is 0. The van der Waals surface area contributed by atoms with Crippen LogP contribution < -0.4 is 0 Å². The van der Waals surface area contributed by atoms with Gasteiger partial charge in [0.2, 0.25) is 0 Å². The predicted molar refractivity (Wildman–Crippen MR) is 94.4 cm³/mol. The molecule has 3 aromatic carbocycles. The van der Waals surface area contributed by atoms with Crippen molar-refractivity contribution in [3.8, 4) is 11.3 Å². The molecule has 0 amide bonds. The first-order valence-electron chi connectivity index (χ1n) is 7.27. The zero-order valence-electron chi connectivity index (χ0n) is 12.2. The van der Waals surface area contributed by atoms with Crippen molar-refractivity contribution in [2.45, 2.75) is 6.92 Å². The van der Waals surface area contributed by atoms with Gasteiger partial charge in [0.05, 0.1) is 11.2 Å². The summed E-state index contributed by atoms with van der Waals surface area (Å²) in [5, 5.41) is 4.46. The first kappa shape index (κ1) is 13.3. The molecule has 22 heavy (non-hydrogen) atoms. The van der Waals surface area contributed by atoms with Crippen molar-refractivity contribution in [2.24, 2.45) is 0 Å². The molecule has 0 aliphatic rings. The maximum absolute atomic E-state index is 6.10. The maximum Gasteiger partial charge on any atom is 0.0718 e. The summed E-state index contributed by atoms with van der Waals surface area (Å²) in [5.41, 5.74) is 4.26. The van der Waals surface area contributed by atoms with Crippen molar-refractivity contribution in [3.05, 3.63) is 77.3 Å². The van der Waals surface area contributed by atoms with Crippen LogP contribution in [-0.2, 0) is 0 Å². The summed E-state index contributed by atoms with van der Waals surface area (Å²) in [5.74, 6) is 0. The molecule has 0 aliphatic carbocycles. The van der Waals surface area contributed by atoms with E-state index in [1.807, 2.05) is 24.3 Å². The highest BCUT2D eigenvalue weighted by molar-refractivity contribution is 6.30. The van der Waals surface area contributed by atoms with E-state index in [0.29, 0.717) is 0 Å². The van der Waals surface area contributed by atoms with Gasteiger partial charge in [0.25, 0.3) is 0 Å². The standard InChI is InChI=1S/C20H14ClN/c1-13-11-19(15-6-4-7-16(21)12-15)22-18-10-9-14-5-2-3-8-17(14)20(13)18/h2-12H,1H3. The molecule has 0 N–H and O–H groups in total. The molecular formula is C20H14ClN. The van der Waals surface area contributed by atoms with Gasteiger partial charge in [-0.25, -0.2) is 4.98 Å². The van der Waals surface area contributed by atoms with E-state index in [2.05, 4.69) is 49.4 Å². The average molecular weight is 304 g/mol. The van der Waals surface area contributed by atoms with Gasteiger partial charge in [-0.15, -0.1) is 0 Å². The Bertz CT molecular complexity index is 1000. The van der Waals surface area contributed by atoms with Crippen LogP contribution in [0.4, 0.5) is 0 Å². The molecule has 0 spiro atoms. The van der Waals surface area contributed by atoms with E-state index in [1.54, 1.807) is 0 Å². The van der Waals surface area contributed by atoms with E-state index in [0.717, 1.165) is 21.8 Å². The number of hydrogen-bond donors (Lipinski definition) is 0. The fraction of sp³-hybridized carbons (Fsp3) is 0.0500. The minimum atomic E-state index is 0.732. The summed E-state index contributed by atoms with van der Waals surface area (Å²) in [7, 11) is 0. The van der Waals surface area contributed by atoms with Crippen molar-refractivity contribution >= 4 is 33.3 Å². The topological polar surface area (TPSA) is 12.9 Å². The summed E-state index contributed by atoms with van der Waals surface area (Å²) in [6, 6.07) is 22.6. The molecule has 4 rings (SSSR count). The molecule has 0 unspecified atom stereocenters. The third-order valence-electron chi connectivity index (χ3n) is 4.02. The molecule has 0 fully saturated rings. The van der Waals surface area contributed by atoms with Crippen molar-refractivity contribution < 1.29 is 0 Å². The second-order valence-electron chi connectivity index (χ2n) is 5.52. The van der Waals surface area contributed by atoms with Crippen molar-refractivity contribution in [1.29, 1.82) is 0 Å². The van der Waals surface area contributed by atoms with Gasteiger partial charge in [-0.1, -0.05) is 54.1 Å². The van der Waals surface area contributed by atoms with Gasteiger partial charge in [-0.3, -0.25) is 0 Å². The van der Waals surface area contributed by atoms with Gasteiger partial charge in [0.15, 0.2) is 0 Å². The lowest BCUT2D eigenvalue weighted by Crippen LogP contribution is -1.90. The second kappa shape index (κ2) is 5.11. The number of fused-ring (bicyclic) bond motifs is 3. The van der Waals surface area contributed by atoms with Crippen LogP contribution in [0.1, 0.15) is 5.56 Å². The van der Waals surface area contributed by atoms with Crippen LogP contribution in [0, 0.1) is 6.92 Å². The fourth-order valence-corrected chi connectivity index (χ4v) is 3.19. The Labute approximate surface area is 134 Å². The zero-order chi connectivity index (χ0) is 15.1. The summed E-state index contributed by atoms with van der Waals surface area (Å²) >= 11 is 6.10. The number of hydrogen-bond acceptors (Lipinski definition) is 1. The minimum Gasteiger partial charge on any atom is -0.248 e. The number of aromatic nitrogens is 1. The lowest BCUT2D eigenvalue weighted by Gasteiger charge is -2.10. The minimum absolute atomic E-state index is 0.732. The van der Waals surface area contributed by atoms with Crippen LogP contribution in [0.2, 0.25) is 5.02 Å². The highest BCUT2D eigenvalue weighted by atomic mass is 35.5. The number of nitrogens with zero attached hydrogens (tertiary/aromatic N) is 1. The Morgan fingerprint density at radius 1 is 0.864 bits per heavy atom. The Hall–Kier alpha value is -2.38. The Morgan fingerprint density at radius 3 is 2.59 bits per heavy atom. The van der Waals surface area contributed by atoms with Crippen LogP contribution in [0.3, 0.4) is 0 Å². The quantitative estimate of drug-likeness (QED) is 0.392. The number of rotatable bonds is 1. The molecule has 1 nitrogen and oxygen atoms in total. The fourth-order valence-electron chi connectivity index (χ4n) is 3.00. The lowest BCUT2D eigenvalue weighted by atomic mass is 9.99. The van der Waals surface area contributed by atoms with E-state index >= 15 is 0 Å². The van der Waals surface area contributed by atoms with Gasteiger partial charge in [-0.05, 0) is 47.5 Å². The number of aryl methyl sites for hydroxylation is 1. The van der Waals surface area contributed by atoms with Gasteiger partial charge in [0, 0.05) is 16.0 Å². The zero-order valence-corrected chi connectivity index (χ0v) is 12.9. The monoisotopic (exact) mass is 303 g/mol. The van der Waals surface area contributed by atoms with Crippen molar-refractivity contribution in [1.82, 2.24) is 4.98 Å². The van der Waals surface area contributed by atoms with Crippen LogP contribution in [0.15, 0.2) is 66.7 Å². The SMILES string of the molecule is Cc1cc(-c2cccc(Cl)c2)nc2ccc3ccccc3c12. The van der Waals surface area contributed by atoms with Crippen LogP contribution in [0.25, 0.3) is 32.9 Å². The Kier molecular flexibility index (Phi) is 3.09. The summed E-state index contributed by atoms with van der Waals surface area (Å²) in [4.78, 5) is 4.84. The average Bonchev–Trinajstić information content (AvgIpc) is 2.54. The van der Waals surface area contributed by atoms with Gasteiger partial charge in [-0.2, -0.15) is 0 Å². The molecule has 0 atom stereocenters. The summed E-state index contributed by atoms with van der Waals surface area (Å²) in [6.07, 6.45) is 0. The molecule has 0 radical (unpaired) electrons. The highest BCUT2D eigenvalue weighted by Gasteiger charge is 2.08. The summed E-state index contributed by atoms with van der Waals surface area (Å²) in [6.45, 7) is 2.14. The largest absolute Gasteiger partial charge is 0.248 e. The molecule has 0 aliphatic heterocycles. The van der Waals surface area contributed by atoms with Crippen LogP contribution in [0.5, 0.6) is 0 Å². The molecule has 1 aromatic heterocycles. The van der Waals surface area contributed by atoms with E-state index < -0.39 is 0 Å². The molecule has 0 saturated heterocycles. The van der Waals surface area contributed by atoms with Gasteiger partial charge < -0.3 is 0 Å². The van der Waals surface area contributed by atoms with Crippen molar-refractivity contribution in [3.63, 3.8) is 0 Å². The molecule has 2 heteroatoms. The second-order valence-corrected chi connectivity index (χ2v) is 5.95. The lowest BCUT2D eigenvalue weighted by molar-refractivity contribution is 1.37. The molecule has 106 valence electrons. The molecule has 1 heterocycles. The molecular weight excluding hydrogens is 290 g/mol. The normalized spacial score (nSPS) is 11.2. The highest BCUT2D eigenvalue weighted by Crippen LogP contribution is 2.30. The first-order chi connectivity index (χ1) is 10.7. The molecule has 0 bridgehead atoms. The van der Waals surface area contributed by atoms with E-state index in [9.17, 15) is 0 Å². The number of pyridine rings is 1. The Balaban J connectivity index is 2.03. The number of benzene rings is 3. The molecule has 4 aromatic rings. The predicted octanol–water partition coefficient (Wildman–Crippen LogP) is 6.02. The van der Waals surface area contributed by atoms with E-state index in [-0.39, 0.29) is 0 Å². The van der Waals surface area contributed by atoms with E-state index in [4.69, 9.17) is 16.6 Å². The Morgan fingerprint density at radius 2 is 1.73 bits per heavy atom. The number of halogens is 1. The van der Waals surface area contributed by atoms with E-state index in [1.165, 1.54) is 21.7 Å². The van der Waals surface area contributed by atoms with Crippen LogP contribution >= 0.6 is 11.6 Å². The van der Waals surface area contributed by atoms with Gasteiger partial charge >= 0.3 is 0 Å².